The lowest BCUT2D eigenvalue weighted by Crippen LogP contribution is -2.46. The van der Waals surface area contributed by atoms with E-state index in [-0.39, 0.29) is 28.6 Å². The topological polar surface area (TPSA) is 140 Å². The highest BCUT2D eigenvalue weighted by molar-refractivity contribution is 7.16. The SMILES string of the molecule is NC(CCc1nc2ccccc2[nH]1)CC(=O)N(CCNCCc1ccc(O)c2[nH]c(=O)sc12)C1CCCCC1. The minimum Gasteiger partial charge on any atom is -0.506 e. The molecule has 1 unspecified atom stereocenters. The molecule has 2 aromatic heterocycles. The smallest absolute Gasteiger partial charge is 0.305 e. The van der Waals surface area contributed by atoms with Crippen molar-refractivity contribution in [3.8, 4) is 5.75 Å². The summed E-state index contributed by atoms with van der Waals surface area (Å²) in [5, 5.41) is 13.5. The molecule has 0 saturated heterocycles. The van der Waals surface area contributed by atoms with Crippen molar-refractivity contribution in [2.45, 2.75) is 69.9 Å². The first-order valence-electron chi connectivity index (χ1n) is 14.0. The highest BCUT2D eigenvalue weighted by atomic mass is 32.1. The predicted molar refractivity (Wildman–Crippen MR) is 156 cm³/mol. The molecule has 1 atom stereocenters. The number of nitrogens with zero attached hydrogens (tertiary/aromatic N) is 2. The molecule has 1 aliphatic rings. The summed E-state index contributed by atoms with van der Waals surface area (Å²) in [6.45, 7) is 2.07. The lowest BCUT2D eigenvalue weighted by atomic mass is 9.93. The van der Waals surface area contributed by atoms with Crippen LogP contribution in [0.2, 0.25) is 0 Å². The van der Waals surface area contributed by atoms with Crippen molar-refractivity contribution in [3.63, 3.8) is 0 Å². The number of imidazole rings is 1. The lowest BCUT2D eigenvalue weighted by molar-refractivity contribution is -0.134. The van der Waals surface area contributed by atoms with Gasteiger partial charge in [-0.25, -0.2) is 4.98 Å². The Labute approximate surface area is 231 Å². The van der Waals surface area contributed by atoms with Gasteiger partial charge in [0.15, 0.2) is 0 Å². The molecule has 1 fully saturated rings. The fraction of sp³-hybridized carbons (Fsp3) is 0.483. The summed E-state index contributed by atoms with van der Waals surface area (Å²) in [6.07, 6.45) is 8.16. The number of rotatable bonds is 12. The first kappa shape index (κ1) is 27.4. The highest BCUT2D eigenvalue weighted by Crippen LogP contribution is 2.28. The van der Waals surface area contributed by atoms with Gasteiger partial charge in [0, 0.05) is 38.0 Å². The quantitative estimate of drug-likeness (QED) is 0.170. The number of aromatic nitrogens is 3. The molecular formula is C29H38N6O3S. The molecule has 1 saturated carbocycles. The number of phenolic OH excluding ortho intramolecular Hbond substituents is 1. The van der Waals surface area contributed by atoms with E-state index in [0.29, 0.717) is 37.9 Å². The van der Waals surface area contributed by atoms with E-state index in [1.54, 1.807) is 6.07 Å². The molecule has 0 spiro atoms. The van der Waals surface area contributed by atoms with Crippen LogP contribution in [0.25, 0.3) is 21.3 Å². The first-order valence-corrected chi connectivity index (χ1v) is 14.8. The van der Waals surface area contributed by atoms with Crippen molar-refractivity contribution >= 4 is 38.5 Å². The zero-order valence-corrected chi connectivity index (χ0v) is 23.1. The molecule has 4 aromatic rings. The number of H-pyrrole nitrogens is 2. The Morgan fingerprint density at radius 1 is 1.13 bits per heavy atom. The average Bonchev–Trinajstić information content (AvgIpc) is 3.54. The van der Waals surface area contributed by atoms with Gasteiger partial charge in [0.2, 0.25) is 5.91 Å². The Morgan fingerprint density at radius 3 is 2.77 bits per heavy atom. The molecule has 39 heavy (non-hydrogen) atoms. The van der Waals surface area contributed by atoms with Gasteiger partial charge in [-0.3, -0.25) is 9.59 Å². The Morgan fingerprint density at radius 2 is 1.95 bits per heavy atom. The number of amides is 1. The molecular weight excluding hydrogens is 512 g/mol. The number of nitrogens with one attached hydrogen (secondary N) is 3. The van der Waals surface area contributed by atoms with Gasteiger partial charge in [-0.15, -0.1) is 0 Å². The number of carbonyl (C=O) groups is 1. The molecule has 6 N–H and O–H groups in total. The molecule has 0 radical (unpaired) electrons. The maximum absolute atomic E-state index is 13.4. The summed E-state index contributed by atoms with van der Waals surface area (Å²) in [5.41, 5.74) is 9.94. The van der Waals surface area contributed by atoms with Crippen LogP contribution in [0.3, 0.4) is 0 Å². The number of para-hydroxylation sites is 2. The largest absolute Gasteiger partial charge is 0.506 e. The molecule has 9 nitrogen and oxygen atoms in total. The molecule has 2 aromatic carbocycles. The van der Waals surface area contributed by atoms with E-state index in [2.05, 4.69) is 25.2 Å². The van der Waals surface area contributed by atoms with Crippen LogP contribution in [0.5, 0.6) is 5.75 Å². The van der Waals surface area contributed by atoms with Crippen LogP contribution in [-0.2, 0) is 17.6 Å². The van der Waals surface area contributed by atoms with Crippen LogP contribution in [-0.4, -0.2) is 62.6 Å². The lowest BCUT2D eigenvalue weighted by Gasteiger charge is -2.35. The highest BCUT2D eigenvalue weighted by Gasteiger charge is 2.26. The van der Waals surface area contributed by atoms with E-state index in [9.17, 15) is 14.7 Å². The first-order chi connectivity index (χ1) is 19.0. The van der Waals surface area contributed by atoms with Gasteiger partial charge in [-0.2, -0.15) is 0 Å². The zero-order valence-electron chi connectivity index (χ0n) is 22.2. The molecule has 2 heterocycles. The third-order valence-corrected chi connectivity index (χ3v) is 8.66. The van der Waals surface area contributed by atoms with Gasteiger partial charge >= 0.3 is 4.87 Å². The summed E-state index contributed by atoms with van der Waals surface area (Å²) in [5.74, 6) is 1.14. The zero-order chi connectivity index (χ0) is 27.2. The van der Waals surface area contributed by atoms with Gasteiger partial charge in [0.25, 0.3) is 0 Å². The monoisotopic (exact) mass is 550 g/mol. The summed E-state index contributed by atoms with van der Waals surface area (Å²) in [4.78, 5) is 37.8. The number of carbonyl (C=O) groups excluding carboxylic acids is 1. The van der Waals surface area contributed by atoms with E-state index in [1.807, 2.05) is 30.3 Å². The summed E-state index contributed by atoms with van der Waals surface area (Å²) in [7, 11) is 0. The number of hydrogen-bond acceptors (Lipinski definition) is 7. The maximum Gasteiger partial charge on any atom is 0.305 e. The van der Waals surface area contributed by atoms with E-state index >= 15 is 0 Å². The molecule has 0 aliphatic heterocycles. The number of aryl methyl sites for hydroxylation is 1. The number of phenols is 1. The van der Waals surface area contributed by atoms with Crippen molar-refractivity contribution in [3.05, 3.63) is 57.5 Å². The Balaban J connectivity index is 1.12. The van der Waals surface area contributed by atoms with Crippen molar-refractivity contribution in [1.82, 2.24) is 25.2 Å². The van der Waals surface area contributed by atoms with Crippen LogP contribution < -0.4 is 15.9 Å². The number of fused-ring (bicyclic) bond motifs is 2. The third kappa shape index (κ3) is 6.87. The molecule has 10 heteroatoms. The van der Waals surface area contributed by atoms with E-state index in [1.165, 1.54) is 6.42 Å². The Kier molecular flexibility index (Phi) is 8.95. The normalized spacial score (nSPS) is 15.2. The fourth-order valence-electron chi connectivity index (χ4n) is 5.61. The minimum atomic E-state index is -0.213. The van der Waals surface area contributed by atoms with Crippen LogP contribution in [0.1, 0.15) is 56.3 Å². The average molecular weight is 551 g/mol. The number of benzene rings is 2. The van der Waals surface area contributed by atoms with Crippen molar-refractivity contribution in [1.29, 1.82) is 0 Å². The van der Waals surface area contributed by atoms with Crippen LogP contribution in [0.4, 0.5) is 0 Å². The van der Waals surface area contributed by atoms with Crippen molar-refractivity contribution < 1.29 is 9.90 Å². The van der Waals surface area contributed by atoms with E-state index in [4.69, 9.17) is 5.73 Å². The number of aromatic hydroxyl groups is 1. The standard InChI is InChI=1S/C29H38N6O3S/c30-20(11-13-25-32-22-8-4-5-9-23(22)33-25)18-26(37)35(21-6-2-1-3-7-21)17-16-31-15-14-19-10-12-24(36)27-28(19)39-29(38)34-27/h4-5,8-10,12,20-21,31,36H,1-3,6-7,11,13-18,30H2,(H,32,33)(H,34,38). The summed E-state index contributed by atoms with van der Waals surface area (Å²) in [6, 6.07) is 11.5. The maximum atomic E-state index is 13.4. The molecule has 1 amide bonds. The second kappa shape index (κ2) is 12.8. The number of hydrogen-bond donors (Lipinski definition) is 5. The Bertz CT molecular complexity index is 1420. The summed E-state index contributed by atoms with van der Waals surface area (Å²) < 4.78 is 0.803. The Hall–Kier alpha value is -3.21. The van der Waals surface area contributed by atoms with Crippen molar-refractivity contribution in [2.24, 2.45) is 5.73 Å². The number of thiazole rings is 1. The van der Waals surface area contributed by atoms with Gasteiger partial charge < -0.3 is 31.0 Å². The van der Waals surface area contributed by atoms with Gasteiger partial charge in [-0.1, -0.05) is 48.8 Å². The molecule has 1 aliphatic carbocycles. The summed E-state index contributed by atoms with van der Waals surface area (Å²) >= 11 is 1.12. The van der Waals surface area contributed by atoms with Gasteiger partial charge in [-0.05, 0) is 56.0 Å². The van der Waals surface area contributed by atoms with E-state index < -0.39 is 0 Å². The van der Waals surface area contributed by atoms with E-state index in [0.717, 1.165) is 77.1 Å². The van der Waals surface area contributed by atoms with Crippen LogP contribution >= 0.6 is 11.3 Å². The van der Waals surface area contributed by atoms with Gasteiger partial charge in [0.05, 0.1) is 15.7 Å². The number of aromatic amines is 2. The molecule has 5 rings (SSSR count). The molecule has 208 valence electrons. The second-order valence-electron chi connectivity index (χ2n) is 10.5. The fourth-order valence-corrected chi connectivity index (χ4v) is 6.51. The van der Waals surface area contributed by atoms with Crippen LogP contribution in [0.15, 0.2) is 41.2 Å². The third-order valence-electron chi connectivity index (χ3n) is 7.70. The van der Waals surface area contributed by atoms with Gasteiger partial charge in [0.1, 0.15) is 17.1 Å². The number of nitrogens with two attached hydrogens (primary N) is 1. The molecule has 0 bridgehead atoms. The second-order valence-corrected chi connectivity index (χ2v) is 11.5. The minimum absolute atomic E-state index is 0.0949. The van der Waals surface area contributed by atoms with Crippen LogP contribution in [0, 0.1) is 0 Å². The van der Waals surface area contributed by atoms with Crippen molar-refractivity contribution in [2.75, 3.05) is 19.6 Å². The predicted octanol–water partition coefficient (Wildman–Crippen LogP) is 3.82.